The zero-order chi connectivity index (χ0) is 14.6. The molecule has 1 aliphatic heterocycles. The van der Waals surface area contributed by atoms with Gasteiger partial charge in [0.05, 0.1) is 5.60 Å². The Kier molecular flexibility index (Phi) is 5.27. The summed E-state index contributed by atoms with van der Waals surface area (Å²) >= 11 is 0. The van der Waals surface area contributed by atoms with Crippen molar-refractivity contribution in [3.05, 3.63) is 0 Å². The molecule has 0 aromatic rings. The van der Waals surface area contributed by atoms with Crippen LogP contribution in [0.5, 0.6) is 0 Å². The van der Waals surface area contributed by atoms with Crippen molar-refractivity contribution in [3.63, 3.8) is 0 Å². The first-order valence-electron chi connectivity index (χ1n) is 7.92. The van der Waals surface area contributed by atoms with Crippen molar-refractivity contribution in [3.8, 4) is 0 Å². The SMILES string of the molecule is CC(C)N(CCC(N)=NO)C1CCOC2(CCCC2)C1. The second-order valence-corrected chi connectivity index (χ2v) is 6.56. The second-order valence-electron chi connectivity index (χ2n) is 6.56. The third kappa shape index (κ3) is 3.64. The van der Waals surface area contributed by atoms with Gasteiger partial charge in [0, 0.05) is 31.7 Å². The zero-order valence-electron chi connectivity index (χ0n) is 12.8. The monoisotopic (exact) mass is 283 g/mol. The maximum absolute atomic E-state index is 8.69. The average molecular weight is 283 g/mol. The van der Waals surface area contributed by atoms with Gasteiger partial charge < -0.3 is 15.7 Å². The summed E-state index contributed by atoms with van der Waals surface area (Å²) in [5, 5.41) is 11.8. The molecule has 0 aromatic carbocycles. The lowest BCUT2D eigenvalue weighted by Crippen LogP contribution is -2.50. The van der Waals surface area contributed by atoms with E-state index in [4.69, 9.17) is 15.7 Å². The van der Waals surface area contributed by atoms with Gasteiger partial charge in [0.25, 0.3) is 0 Å². The third-order valence-corrected chi connectivity index (χ3v) is 4.87. The van der Waals surface area contributed by atoms with Crippen LogP contribution in [0.1, 0.15) is 58.8 Å². The van der Waals surface area contributed by atoms with Crippen molar-refractivity contribution in [2.24, 2.45) is 10.9 Å². The Morgan fingerprint density at radius 3 is 2.75 bits per heavy atom. The number of oxime groups is 1. The smallest absolute Gasteiger partial charge is 0.140 e. The van der Waals surface area contributed by atoms with Gasteiger partial charge in [0.1, 0.15) is 5.84 Å². The lowest BCUT2D eigenvalue weighted by molar-refractivity contribution is -0.105. The molecule has 1 saturated heterocycles. The molecule has 1 unspecified atom stereocenters. The Balaban J connectivity index is 1.97. The lowest BCUT2D eigenvalue weighted by atomic mass is 9.87. The minimum atomic E-state index is 0.146. The number of rotatable bonds is 5. The van der Waals surface area contributed by atoms with Crippen LogP contribution in [0.2, 0.25) is 0 Å². The van der Waals surface area contributed by atoms with E-state index in [0.717, 1.165) is 26.0 Å². The van der Waals surface area contributed by atoms with E-state index in [9.17, 15) is 0 Å². The normalized spacial score (nSPS) is 26.8. The van der Waals surface area contributed by atoms with Crippen LogP contribution in [0.3, 0.4) is 0 Å². The molecule has 5 heteroatoms. The van der Waals surface area contributed by atoms with E-state index in [1.165, 1.54) is 25.7 Å². The van der Waals surface area contributed by atoms with E-state index < -0.39 is 0 Å². The van der Waals surface area contributed by atoms with Crippen LogP contribution in [-0.4, -0.2) is 46.8 Å². The fourth-order valence-corrected chi connectivity index (χ4v) is 3.81. The number of nitrogens with zero attached hydrogens (tertiary/aromatic N) is 2. The highest BCUT2D eigenvalue weighted by atomic mass is 16.5. The first kappa shape index (κ1) is 15.6. The van der Waals surface area contributed by atoms with E-state index in [2.05, 4.69) is 23.9 Å². The van der Waals surface area contributed by atoms with E-state index in [-0.39, 0.29) is 5.60 Å². The number of hydrogen-bond acceptors (Lipinski definition) is 4. The summed E-state index contributed by atoms with van der Waals surface area (Å²) in [5.41, 5.74) is 5.76. The lowest BCUT2D eigenvalue weighted by Gasteiger charge is -2.44. The molecule has 3 N–H and O–H groups in total. The second kappa shape index (κ2) is 6.76. The molecule has 1 aliphatic carbocycles. The highest BCUT2D eigenvalue weighted by Crippen LogP contribution is 2.41. The Morgan fingerprint density at radius 2 is 2.15 bits per heavy atom. The number of nitrogens with two attached hydrogens (primary N) is 1. The van der Waals surface area contributed by atoms with Crippen LogP contribution in [0.4, 0.5) is 0 Å². The predicted molar refractivity (Wildman–Crippen MR) is 80.0 cm³/mol. The number of ether oxygens (including phenoxy) is 1. The molecule has 1 saturated carbocycles. The van der Waals surface area contributed by atoms with E-state index in [1.807, 2.05) is 0 Å². The van der Waals surface area contributed by atoms with Gasteiger partial charge in [-0.3, -0.25) is 4.90 Å². The third-order valence-electron chi connectivity index (χ3n) is 4.87. The van der Waals surface area contributed by atoms with Gasteiger partial charge in [-0.25, -0.2) is 0 Å². The van der Waals surface area contributed by atoms with Gasteiger partial charge in [-0.15, -0.1) is 0 Å². The molecule has 0 amide bonds. The molecular formula is C15H29N3O2. The fraction of sp³-hybridized carbons (Fsp3) is 0.933. The summed E-state index contributed by atoms with van der Waals surface area (Å²) in [6, 6.07) is 1.04. The molecule has 2 fully saturated rings. The Labute approximate surface area is 122 Å². The van der Waals surface area contributed by atoms with Crippen LogP contribution in [0.15, 0.2) is 5.16 Å². The molecule has 0 aromatic heterocycles. The summed E-state index contributed by atoms with van der Waals surface area (Å²) in [7, 11) is 0. The highest BCUT2D eigenvalue weighted by molar-refractivity contribution is 5.79. The van der Waals surface area contributed by atoms with Crippen molar-refractivity contribution >= 4 is 5.84 Å². The van der Waals surface area contributed by atoms with E-state index >= 15 is 0 Å². The van der Waals surface area contributed by atoms with Gasteiger partial charge in [-0.2, -0.15) is 0 Å². The highest BCUT2D eigenvalue weighted by Gasteiger charge is 2.41. The molecule has 0 bridgehead atoms. The standard InChI is InChI=1S/C15H29N3O2/c1-12(2)18(9-5-14(16)17-19)13-6-10-20-15(11-13)7-3-4-8-15/h12-13,19H,3-11H2,1-2H3,(H2,16,17). The average Bonchev–Trinajstić information content (AvgIpc) is 2.86. The van der Waals surface area contributed by atoms with Gasteiger partial charge in [-0.1, -0.05) is 18.0 Å². The largest absolute Gasteiger partial charge is 0.409 e. The molecule has 1 heterocycles. The van der Waals surface area contributed by atoms with E-state index in [0.29, 0.717) is 24.3 Å². The minimum absolute atomic E-state index is 0.146. The van der Waals surface area contributed by atoms with Crippen molar-refractivity contribution in [1.29, 1.82) is 0 Å². The summed E-state index contributed by atoms with van der Waals surface area (Å²) in [6.07, 6.45) is 7.90. The van der Waals surface area contributed by atoms with Crippen LogP contribution in [0.25, 0.3) is 0 Å². The van der Waals surface area contributed by atoms with Crippen LogP contribution < -0.4 is 5.73 Å². The molecule has 5 nitrogen and oxygen atoms in total. The first-order chi connectivity index (χ1) is 9.56. The van der Waals surface area contributed by atoms with Crippen molar-refractivity contribution in [2.45, 2.75) is 76.5 Å². The molecule has 2 rings (SSSR count). The molecule has 1 atom stereocenters. The minimum Gasteiger partial charge on any atom is -0.409 e. The molecular weight excluding hydrogens is 254 g/mol. The van der Waals surface area contributed by atoms with E-state index in [1.54, 1.807) is 0 Å². The summed E-state index contributed by atoms with van der Waals surface area (Å²) < 4.78 is 6.12. The number of amidine groups is 1. The summed E-state index contributed by atoms with van der Waals surface area (Å²) in [6.45, 7) is 6.18. The number of hydrogen-bond donors (Lipinski definition) is 2. The summed E-state index contributed by atoms with van der Waals surface area (Å²) in [5.74, 6) is 0.318. The fourth-order valence-electron chi connectivity index (χ4n) is 3.81. The molecule has 1 spiro atoms. The maximum Gasteiger partial charge on any atom is 0.140 e. The topological polar surface area (TPSA) is 71.1 Å². The van der Waals surface area contributed by atoms with Gasteiger partial charge in [-0.05, 0) is 39.5 Å². The van der Waals surface area contributed by atoms with Crippen molar-refractivity contribution < 1.29 is 9.94 Å². The van der Waals surface area contributed by atoms with Gasteiger partial charge in [0.2, 0.25) is 0 Å². The van der Waals surface area contributed by atoms with Crippen LogP contribution in [0, 0.1) is 0 Å². The van der Waals surface area contributed by atoms with Crippen molar-refractivity contribution in [2.75, 3.05) is 13.2 Å². The van der Waals surface area contributed by atoms with Gasteiger partial charge in [0.15, 0.2) is 0 Å². The molecule has 2 aliphatic rings. The van der Waals surface area contributed by atoms with Gasteiger partial charge >= 0.3 is 0 Å². The van der Waals surface area contributed by atoms with Crippen LogP contribution >= 0.6 is 0 Å². The maximum atomic E-state index is 8.69. The summed E-state index contributed by atoms with van der Waals surface area (Å²) in [4.78, 5) is 2.50. The Morgan fingerprint density at radius 1 is 1.45 bits per heavy atom. The predicted octanol–water partition coefficient (Wildman–Crippen LogP) is 2.33. The molecule has 20 heavy (non-hydrogen) atoms. The Hall–Kier alpha value is -0.810. The quantitative estimate of drug-likeness (QED) is 0.351. The molecule has 116 valence electrons. The Bertz CT molecular complexity index is 338. The van der Waals surface area contributed by atoms with Crippen molar-refractivity contribution in [1.82, 2.24) is 4.90 Å². The van der Waals surface area contributed by atoms with Crippen LogP contribution in [-0.2, 0) is 4.74 Å². The first-order valence-corrected chi connectivity index (χ1v) is 7.92. The zero-order valence-corrected chi connectivity index (χ0v) is 12.8. The molecule has 0 radical (unpaired) electrons.